The maximum absolute atomic E-state index is 10.1. The lowest BCUT2D eigenvalue weighted by Crippen LogP contribution is -2.34. The number of aromatic nitrogens is 1. The van der Waals surface area contributed by atoms with Gasteiger partial charge in [-0.15, -0.1) is 0 Å². The molecule has 0 radical (unpaired) electrons. The molecule has 1 aromatic rings. The number of nitrogens with one attached hydrogen (secondary N) is 1. The SMILES string of the molecule is CC(C)Oc1ncccc1NCC(O)CN1CCCC1. The first-order chi connectivity index (χ1) is 9.65. The number of nitrogens with zero attached hydrogens (tertiary/aromatic N) is 2. The minimum Gasteiger partial charge on any atom is -0.473 e. The first-order valence-electron chi connectivity index (χ1n) is 7.41. The Morgan fingerprint density at radius 1 is 1.40 bits per heavy atom. The van der Waals surface area contributed by atoms with Crippen LogP contribution in [0.25, 0.3) is 0 Å². The third-order valence-electron chi connectivity index (χ3n) is 3.31. The molecule has 1 fully saturated rings. The topological polar surface area (TPSA) is 57.6 Å². The number of rotatable bonds is 7. The van der Waals surface area contributed by atoms with E-state index in [0.717, 1.165) is 25.3 Å². The van der Waals surface area contributed by atoms with Crippen molar-refractivity contribution in [3.05, 3.63) is 18.3 Å². The van der Waals surface area contributed by atoms with Crippen molar-refractivity contribution in [3.8, 4) is 5.88 Å². The van der Waals surface area contributed by atoms with Crippen molar-refractivity contribution in [2.45, 2.75) is 38.9 Å². The number of aliphatic hydroxyl groups excluding tert-OH is 1. The van der Waals surface area contributed by atoms with Gasteiger partial charge in [0.25, 0.3) is 0 Å². The van der Waals surface area contributed by atoms with Gasteiger partial charge in [-0.25, -0.2) is 4.98 Å². The molecule has 1 atom stereocenters. The van der Waals surface area contributed by atoms with Crippen molar-refractivity contribution in [1.29, 1.82) is 0 Å². The van der Waals surface area contributed by atoms with Crippen LogP contribution >= 0.6 is 0 Å². The molecule has 1 aliphatic heterocycles. The van der Waals surface area contributed by atoms with Crippen LogP contribution in [0, 0.1) is 0 Å². The van der Waals surface area contributed by atoms with Crippen molar-refractivity contribution in [2.75, 3.05) is 31.5 Å². The number of hydrogen-bond donors (Lipinski definition) is 2. The largest absolute Gasteiger partial charge is 0.473 e. The Labute approximate surface area is 121 Å². The van der Waals surface area contributed by atoms with Crippen molar-refractivity contribution in [2.24, 2.45) is 0 Å². The van der Waals surface area contributed by atoms with E-state index < -0.39 is 0 Å². The predicted octanol–water partition coefficient (Wildman–Crippen LogP) is 1.74. The van der Waals surface area contributed by atoms with Gasteiger partial charge in [0.15, 0.2) is 0 Å². The fraction of sp³-hybridized carbons (Fsp3) is 0.667. The van der Waals surface area contributed by atoms with Gasteiger partial charge in [-0.1, -0.05) is 0 Å². The Morgan fingerprint density at radius 2 is 2.15 bits per heavy atom. The number of anilines is 1. The molecule has 20 heavy (non-hydrogen) atoms. The van der Waals surface area contributed by atoms with Crippen LogP contribution in [0.1, 0.15) is 26.7 Å². The van der Waals surface area contributed by atoms with Gasteiger partial charge in [-0.05, 0) is 51.9 Å². The molecule has 5 heteroatoms. The second-order valence-corrected chi connectivity index (χ2v) is 5.57. The van der Waals surface area contributed by atoms with E-state index in [1.807, 2.05) is 26.0 Å². The lowest BCUT2D eigenvalue weighted by Gasteiger charge is -2.20. The summed E-state index contributed by atoms with van der Waals surface area (Å²) in [5.41, 5.74) is 0.835. The van der Waals surface area contributed by atoms with Crippen molar-refractivity contribution in [1.82, 2.24) is 9.88 Å². The van der Waals surface area contributed by atoms with E-state index in [1.54, 1.807) is 6.20 Å². The van der Waals surface area contributed by atoms with E-state index in [4.69, 9.17) is 4.74 Å². The number of β-amino-alcohol motifs (C(OH)–C–C–N with tert-alkyl or cyclic N) is 1. The first-order valence-corrected chi connectivity index (χ1v) is 7.41. The molecular weight excluding hydrogens is 254 g/mol. The van der Waals surface area contributed by atoms with Gasteiger partial charge in [0.2, 0.25) is 5.88 Å². The zero-order valence-corrected chi connectivity index (χ0v) is 12.4. The molecule has 1 aromatic heterocycles. The Morgan fingerprint density at radius 3 is 2.85 bits per heavy atom. The highest BCUT2D eigenvalue weighted by atomic mass is 16.5. The van der Waals surface area contributed by atoms with Gasteiger partial charge in [-0.2, -0.15) is 0 Å². The van der Waals surface area contributed by atoms with Crippen LogP contribution in [0.15, 0.2) is 18.3 Å². The van der Waals surface area contributed by atoms with Crippen molar-refractivity contribution in [3.63, 3.8) is 0 Å². The van der Waals surface area contributed by atoms with E-state index in [1.165, 1.54) is 12.8 Å². The van der Waals surface area contributed by atoms with Gasteiger partial charge in [0.05, 0.1) is 17.9 Å². The average Bonchev–Trinajstić information content (AvgIpc) is 2.90. The van der Waals surface area contributed by atoms with Gasteiger partial charge in [0.1, 0.15) is 0 Å². The van der Waals surface area contributed by atoms with E-state index in [0.29, 0.717) is 12.4 Å². The molecule has 2 rings (SSSR count). The maximum atomic E-state index is 10.1. The molecule has 0 bridgehead atoms. The number of pyridine rings is 1. The van der Waals surface area contributed by atoms with E-state index in [-0.39, 0.29) is 12.2 Å². The predicted molar refractivity (Wildman–Crippen MR) is 80.2 cm³/mol. The molecule has 2 N–H and O–H groups in total. The van der Waals surface area contributed by atoms with E-state index >= 15 is 0 Å². The highest BCUT2D eigenvalue weighted by Gasteiger charge is 2.16. The molecular formula is C15H25N3O2. The normalized spacial score (nSPS) is 17.4. The third kappa shape index (κ3) is 4.65. The van der Waals surface area contributed by atoms with Gasteiger partial charge < -0.3 is 20.1 Å². The fourth-order valence-corrected chi connectivity index (χ4v) is 2.40. The van der Waals surface area contributed by atoms with E-state index in [9.17, 15) is 5.11 Å². The second-order valence-electron chi connectivity index (χ2n) is 5.57. The number of aliphatic hydroxyl groups is 1. The molecule has 1 aliphatic rings. The maximum Gasteiger partial charge on any atom is 0.237 e. The summed E-state index contributed by atoms with van der Waals surface area (Å²) in [6, 6.07) is 3.79. The lowest BCUT2D eigenvalue weighted by atomic mass is 10.3. The zero-order valence-electron chi connectivity index (χ0n) is 12.4. The Balaban J connectivity index is 1.83. The minimum atomic E-state index is -0.375. The molecule has 1 saturated heterocycles. The molecule has 112 valence electrons. The molecule has 0 amide bonds. The highest BCUT2D eigenvalue weighted by molar-refractivity contribution is 5.52. The van der Waals surface area contributed by atoms with Crippen LogP contribution in [0.5, 0.6) is 5.88 Å². The van der Waals surface area contributed by atoms with Gasteiger partial charge in [0, 0.05) is 19.3 Å². The Hall–Kier alpha value is -1.33. The third-order valence-corrected chi connectivity index (χ3v) is 3.31. The standard InChI is InChI=1S/C15H25N3O2/c1-12(2)20-15-14(6-5-7-16-15)17-10-13(19)11-18-8-3-4-9-18/h5-7,12-13,17,19H,3-4,8-11H2,1-2H3. The quantitative estimate of drug-likeness (QED) is 0.796. The smallest absolute Gasteiger partial charge is 0.237 e. The van der Waals surface area contributed by atoms with Crippen LogP contribution < -0.4 is 10.1 Å². The molecule has 0 aliphatic carbocycles. The molecule has 0 aromatic carbocycles. The first kappa shape index (κ1) is 15.1. The van der Waals surface area contributed by atoms with Crippen LogP contribution in [-0.4, -0.2) is 53.4 Å². The Kier molecular flexibility index (Phi) is 5.61. The molecule has 5 nitrogen and oxygen atoms in total. The number of likely N-dealkylation sites (tertiary alicyclic amines) is 1. The van der Waals surface area contributed by atoms with Crippen LogP contribution in [0.4, 0.5) is 5.69 Å². The van der Waals surface area contributed by atoms with Crippen molar-refractivity contribution < 1.29 is 9.84 Å². The van der Waals surface area contributed by atoms with Crippen LogP contribution in [-0.2, 0) is 0 Å². The molecule has 2 heterocycles. The second kappa shape index (κ2) is 7.45. The molecule has 0 saturated carbocycles. The molecule has 1 unspecified atom stereocenters. The highest BCUT2D eigenvalue weighted by Crippen LogP contribution is 2.21. The summed E-state index contributed by atoms with van der Waals surface area (Å²) in [4.78, 5) is 6.53. The number of hydrogen-bond acceptors (Lipinski definition) is 5. The summed E-state index contributed by atoms with van der Waals surface area (Å²) >= 11 is 0. The monoisotopic (exact) mass is 279 g/mol. The van der Waals surface area contributed by atoms with Crippen LogP contribution in [0.2, 0.25) is 0 Å². The van der Waals surface area contributed by atoms with E-state index in [2.05, 4.69) is 15.2 Å². The minimum absolute atomic E-state index is 0.0833. The molecule has 0 spiro atoms. The van der Waals surface area contributed by atoms with Gasteiger partial charge >= 0.3 is 0 Å². The number of ether oxygens (including phenoxy) is 1. The van der Waals surface area contributed by atoms with Crippen molar-refractivity contribution >= 4 is 5.69 Å². The summed E-state index contributed by atoms with van der Waals surface area (Å²) in [5, 5.41) is 13.3. The Bertz CT molecular complexity index is 406. The summed E-state index contributed by atoms with van der Waals surface area (Å²) in [5.74, 6) is 0.593. The summed E-state index contributed by atoms with van der Waals surface area (Å²) in [6.07, 6.45) is 3.91. The zero-order chi connectivity index (χ0) is 14.4. The summed E-state index contributed by atoms with van der Waals surface area (Å²) in [7, 11) is 0. The van der Waals surface area contributed by atoms with Crippen LogP contribution in [0.3, 0.4) is 0 Å². The summed E-state index contributed by atoms with van der Waals surface area (Å²) < 4.78 is 5.65. The fourth-order valence-electron chi connectivity index (χ4n) is 2.40. The summed E-state index contributed by atoms with van der Waals surface area (Å²) in [6.45, 7) is 7.39. The average molecular weight is 279 g/mol. The van der Waals surface area contributed by atoms with Gasteiger partial charge in [-0.3, -0.25) is 0 Å². The lowest BCUT2D eigenvalue weighted by molar-refractivity contribution is 0.135.